The monoisotopic (exact) mass is 426 g/mol. The van der Waals surface area contributed by atoms with E-state index in [2.05, 4.69) is 111 Å². The fourth-order valence-electron chi connectivity index (χ4n) is 6.20. The summed E-state index contributed by atoms with van der Waals surface area (Å²) in [7, 11) is 0. The maximum absolute atomic E-state index is 2.49. The van der Waals surface area contributed by atoms with Gasteiger partial charge in [0.15, 0.2) is 0 Å². The Morgan fingerprint density at radius 2 is 1.34 bits per heavy atom. The molecule has 0 saturated carbocycles. The standard InChI is InChI=1S/C31H22S/c1-3-10-25-19(2)20-11-4-7-14-26(20)31(25)27-15-8-5-12-21(27)23-17-24-22-13-6-9-16-29(22)32-30(24)18-28(23)31/h3-18H,1-2H3/b10-3-. The Morgan fingerprint density at radius 3 is 2.16 bits per heavy atom. The summed E-state index contributed by atoms with van der Waals surface area (Å²) in [6, 6.07) is 31.8. The Labute approximate surface area is 192 Å². The zero-order chi connectivity index (χ0) is 21.4. The number of hydrogen-bond donors (Lipinski definition) is 0. The Balaban J connectivity index is 1.70. The van der Waals surface area contributed by atoms with E-state index in [9.17, 15) is 0 Å². The summed E-state index contributed by atoms with van der Waals surface area (Å²) in [6.07, 6.45) is 4.54. The van der Waals surface area contributed by atoms with Crippen molar-refractivity contribution < 1.29 is 0 Å². The lowest BCUT2D eigenvalue weighted by atomic mass is 9.69. The quantitative estimate of drug-likeness (QED) is 0.251. The van der Waals surface area contributed by atoms with Gasteiger partial charge in [0, 0.05) is 20.2 Å². The fourth-order valence-corrected chi connectivity index (χ4v) is 7.33. The van der Waals surface area contributed by atoms with Crippen LogP contribution in [0.3, 0.4) is 0 Å². The van der Waals surface area contributed by atoms with Crippen molar-refractivity contribution >= 4 is 37.1 Å². The minimum absolute atomic E-state index is 0.247. The first-order valence-corrected chi connectivity index (χ1v) is 12.1. The summed E-state index contributed by atoms with van der Waals surface area (Å²) in [6.45, 7) is 4.43. The van der Waals surface area contributed by atoms with E-state index < -0.39 is 0 Å². The summed E-state index contributed by atoms with van der Waals surface area (Å²) in [4.78, 5) is 0. The third-order valence-electron chi connectivity index (χ3n) is 7.42. The molecule has 5 aromatic rings. The van der Waals surface area contributed by atoms with Gasteiger partial charge in [-0.15, -0.1) is 11.3 Å². The molecule has 1 spiro atoms. The Kier molecular flexibility index (Phi) is 3.58. The molecule has 0 amide bonds. The highest BCUT2D eigenvalue weighted by Crippen LogP contribution is 2.62. The molecule has 0 aliphatic heterocycles. The minimum atomic E-state index is -0.247. The lowest BCUT2D eigenvalue weighted by Crippen LogP contribution is -2.26. The summed E-state index contributed by atoms with van der Waals surface area (Å²) < 4.78 is 2.74. The second-order valence-electron chi connectivity index (χ2n) is 8.87. The van der Waals surface area contributed by atoms with Crippen LogP contribution < -0.4 is 0 Å². The topological polar surface area (TPSA) is 0 Å². The molecule has 1 heteroatoms. The molecular formula is C31H22S. The summed E-state index contributed by atoms with van der Waals surface area (Å²) in [5, 5.41) is 2.73. The third-order valence-corrected chi connectivity index (χ3v) is 8.55. The van der Waals surface area contributed by atoms with E-state index in [1.54, 1.807) is 0 Å². The van der Waals surface area contributed by atoms with Crippen molar-refractivity contribution in [1.29, 1.82) is 0 Å². The van der Waals surface area contributed by atoms with Crippen molar-refractivity contribution in [3.8, 4) is 11.1 Å². The van der Waals surface area contributed by atoms with E-state index in [0.717, 1.165) is 0 Å². The van der Waals surface area contributed by atoms with Crippen molar-refractivity contribution in [2.45, 2.75) is 19.3 Å². The maximum Gasteiger partial charge on any atom is 0.0722 e. The molecule has 1 heterocycles. The van der Waals surface area contributed by atoms with Crippen molar-refractivity contribution in [2.24, 2.45) is 0 Å². The molecule has 2 aliphatic rings. The largest absolute Gasteiger partial charge is 0.135 e. The molecule has 1 atom stereocenters. The molecule has 0 saturated heterocycles. The fraction of sp³-hybridized carbons (Fsp3) is 0.0968. The molecule has 0 N–H and O–H groups in total. The minimum Gasteiger partial charge on any atom is -0.135 e. The molecule has 1 unspecified atom stereocenters. The molecule has 0 nitrogen and oxygen atoms in total. The van der Waals surface area contributed by atoms with E-state index in [-0.39, 0.29) is 5.41 Å². The van der Waals surface area contributed by atoms with Gasteiger partial charge in [0.05, 0.1) is 5.41 Å². The normalized spacial score (nSPS) is 18.8. The second kappa shape index (κ2) is 6.31. The van der Waals surface area contributed by atoms with Crippen LogP contribution in [0, 0.1) is 0 Å². The lowest BCUT2D eigenvalue weighted by Gasteiger charge is -2.31. The lowest BCUT2D eigenvalue weighted by molar-refractivity contribution is 0.787. The van der Waals surface area contributed by atoms with Crippen LogP contribution in [-0.4, -0.2) is 0 Å². The summed E-state index contributed by atoms with van der Waals surface area (Å²) >= 11 is 1.91. The Bertz CT molecular complexity index is 1640. The molecule has 0 radical (unpaired) electrons. The van der Waals surface area contributed by atoms with Gasteiger partial charge in [-0.1, -0.05) is 78.9 Å². The number of benzene rings is 4. The van der Waals surface area contributed by atoms with E-state index in [4.69, 9.17) is 0 Å². The van der Waals surface area contributed by atoms with E-state index in [1.165, 1.54) is 64.7 Å². The van der Waals surface area contributed by atoms with Crippen LogP contribution in [0.5, 0.6) is 0 Å². The highest BCUT2D eigenvalue weighted by atomic mass is 32.1. The first kappa shape index (κ1) is 18.2. The highest BCUT2D eigenvalue weighted by Gasteiger charge is 2.51. The molecular weight excluding hydrogens is 404 g/mol. The van der Waals surface area contributed by atoms with Crippen molar-refractivity contribution in [3.05, 3.63) is 125 Å². The Hall–Kier alpha value is -3.42. The van der Waals surface area contributed by atoms with Gasteiger partial charge < -0.3 is 0 Å². The van der Waals surface area contributed by atoms with Crippen LogP contribution in [0.15, 0.2) is 103 Å². The third kappa shape index (κ3) is 2.03. The Morgan fingerprint density at radius 1 is 0.656 bits per heavy atom. The van der Waals surface area contributed by atoms with Crippen LogP contribution in [0.2, 0.25) is 0 Å². The van der Waals surface area contributed by atoms with E-state index >= 15 is 0 Å². The van der Waals surface area contributed by atoms with Gasteiger partial charge in [-0.2, -0.15) is 0 Å². The zero-order valence-corrected chi connectivity index (χ0v) is 19.0. The molecule has 2 aliphatic carbocycles. The van der Waals surface area contributed by atoms with Crippen LogP contribution in [0.1, 0.15) is 36.1 Å². The van der Waals surface area contributed by atoms with Gasteiger partial charge in [0.2, 0.25) is 0 Å². The smallest absolute Gasteiger partial charge is 0.0722 e. The van der Waals surface area contributed by atoms with Crippen molar-refractivity contribution in [2.75, 3.05) is 0 Å². The molecule has 7 rings (SSSR count). The number of rotatable bonds is 1. The SMILES string of the molecule is C/C=C\C1=C(C)c2ccccc2C12c1ccccc1-c1cc3c(cc12)sc1ccccc13. The second-order valence-corrected chi connectivity index (χ2v) is 9.96. The van der Waals surface area contributed by atoms with Gasteiger partial charge in [0.1, 0.15) is 0 Å². The van der Waals surface area contributed by atoms with Crippen LogP contribution in [-0.2, 0) is 5.41 Å². The summed E-state index contributed by atoms with van der Waals surface area (Å²) in [5.41, 5.74) is 10.9. The molecule has 1 aromatic heterocycles. The van der Waals surface area contributed by atoms with Gasteiger partial charge >= 0.3 is 0 Å². The van der Waals surface area contributed by atoms with Gasteiger partial charge in [-0.3, -0.25) is 0 Å². The number of fused-ring (bicyclic) bond motifs is 10. The first-order chi connectivity index (χ1) is 15.7. The summed E-state index contributed by atoms with van der Waals surface area (Å²) in [5.74, 6) is 0. The van der Waals surface area contributed by atoms with Crippen molar-refractivity contribution in [3.63, 3.8) is 0 Å². The average Bonchev–Trinajstić information content (AvgIpc) is 3.42. The number of hydrogen-bond acceptors (Lipinski definition) is 1. The maximum atomic E-state index is 2.49. The average molecular weight is 427 g/mol. The van der Waals surface area contributed by atoms with Gasteiger partial charge in [-0.05, 0) is 76.6 Å². The molecule has 4 aromatic carbocycles. The predicted molar refractivity (Wildman–Crippen MR) is 138 cm³/mol. The molecule has 32 heavy (non-hydrogen) atoms. The first-order valence-electron chi connectivity index (χ1n) is 11.2. The highest BCUT2D eigenvalue weighted by molar-refractivity contribution is 7.25. The molecule has 152 valence electrons. The zero-order valence-electron chi connectivity index (χ0n) is 18.1. The van der Waals surface area contributed by atoms with Crippen LogP contribution >= 0.6 is 11.3 Å². The number of allylic oxidation sites excluding steroid dienone is 4. The van der Waals surface area contributed by atoms with Crippen LogP contribution in [0.25, 0.3) is 36.9 Å². The molecule has 0 bridgehead atoms. The van der Waals surface area contributed by atoms with Crippen LogP contribution in [0.4, 0.5) is 0 Å². The number of thiophene rings is 1. The van der Waals surface area contributed by atoms with Gasteiger partial charge in [0.25, 0.3) is 0 Å². The van der Waals surface area contributed by atoms with E-state index in [0.29, 0.717) is 0 Å². The van der Waals surface area contributed by atoms with Gasteiger partial charge in [-0.25, -0.2) is 0 Å². The van der Waals surface area contributed by atoms with E-state index in [1.807, 2.05) is 11.3 Å². The van der Waals surface area contributed by atoms with Crippen molar-refractivity contribution in [1.82, 2.24) is 0 Å². The predicted octanol–water partition coefficient (Wildman–Crippen LogP) is 8.73. The molecule has 0 fully saturated rings.